The van der Waals surface area contributed by atoms with Gasteiger partial charge in [0.1, 0.15) is 0 Å². The van der Waals surface area contributed by atoms with Crippen LogP contribution in [-0.2, 0) is 22.5 Å². The summed E-state index contributed by atoms with van der Waals surface area (Å²) in [5, 5.41) is 0.790. The van der Waals surface area contributed by atoms with E-state index in [0.717, 1.165) is 61.1 Å². The first-order valence-electron chi connectivity index (χ1n) is 10.5. The first-order valence-corrected chi connectivity index (χ1v) is 10.5. The van der Waals surface area contributed by atoms with Gasteiger partial charge in [-0.2, -0.15) is 0 Å². The lowest BCUT2D eigenvalue weighted by Crippen LogP contribution is -2.45. The number of carbonyl (C=O) groups excluding carboxylic acids is 2. The van der Waals surface area contributed by atoms with Crippen molar-refractivity contribution < 1.29 is 14.3 Å². The third-order valence-corrected chi connectivity index (χ3v) is 6.04. The molecule has 0 radical (unpaired) electrons. The zero-order valence-corrected chi connectivity index (χ0v) is 17.5. The number of pyridine rings is 1. The fourth-order valence-electron chi connectivity index (χ4n) is 4.47. The number of likely N-dealkylation sites (tertiary alicyclic amines) is 1. The lowest BCUT2D eigenvalue weighted by Gasteiger charge is -2.32. The van der Waals surface area contributed by atoms with Gasteiger partial charge < -0.3 is 14.5 Å². The molecule has 2 aliphatic rings. The van der Waals surface area contributed by atoms with Crippen molar-refractivity contribution >= 4 is 22.8 Å². The number of piperidine rings is 1. The molecule has 2 unspecified atom stereocenters. The van der Waals surface area contributed by atoms with Crippen LogP contribution in [0.3, 0.4) is 0 Å². The highest BCUT2D eigenvalue weighted by atomic mass is 16.5. The predicted octanol–water partition coefficient (Wildman–Crippen LogP) is 3.03. The maximum Gasteiger partial charge on any atom is 0.339 e. The Morgan fingerprint density at radius 1 is 1.24 bits per heavy atom. The van der Waals surface area contributed by atoms with E-state index < -0.39 is 12.1 Å². The number of para-hydroxylation sites is 1. The molecule has 1 amide bonds. The molecule has 6 nitrogen and oxygen atoms in total. The molecule has 2 aliphatic heterocycles. The molecule has 4 rings (SSSR count). The van der Waals surface area contributed by atoms with Gasteiger partial charge in [0.15, 0.2) is 6.10 Å². The second-order valence-electron chi connectivity index (χ2n) is 8.50. The summed E-state index contributed by atoms with van der Waals surface area (Å²) in [4.78, 5) is 34.9. The molecule has 0 bridgehead atoms. The lowest BCUT2D eigenvalue weighted by molar-refractivity contribution is -0.141. The van der Waals surface area contributed by atoms with Crippen LogP contribution in [0.1, 0.15) is 48.3 Å². The number of benzene rings is 1. The van der Waals surface area contributed by atoms with Gasteiger partial charge in [0.05, 0.1) is 11.1 Å². The number of hydrogen-bond acceptors (Lipinski definition) is 5. The molecule has 2 aromatic rings. The lowest BCUT2D eigenvalue weighted by atomic mass is 9.96. The molecule has 0 aliphatic carbocycles. The summed E-state index contributed by atoms with van der Waals surface area (Å²) >= 11 is 0. The predicted molar refractivity (Wildman–Crippen MR) is 112 cm³/mol. The van der Waals surface area contributed by atoms with E-state index in [4.69, 9.17) is 9.72 Å². The fourth-order valence-corrected chi connectivity index (χ4v) is 4.47. The van der Waals surface area contributed by atoms with Crippen molar-refractivity contribution in [2.24, 2.45) is 5.92 Å². The van der Waals surface area contributed by atoms with Crippen LogP contribution in [0.15, 0.2) is 24.3 Å². The van der Waals surface area contributed by atoms with Crippen molar-refractivity contribution in [2.75, 3.05) is 26.7 Å². The highest BCUT2D eigenvalue weighted by Gasteiger charge is 2.30. The molecule has 1 saturated heterocycles. The molecule has 0 spiro atoms. The zero-order chi connectivity index (χ0) is 20.5. The van der Waals surface area contributed by atoms with E-state index in [1.54, 1.807) is 6.92 Å². The van der Waals surface area contributed by atoms with E-state index in [1.165, 1.54) is 0 Å². The minimum atomic E-state index is -0.795. The van der Waals surface area contributed by atoms with Gasteiger partial charge >= 0.3 is 5.97 Å². The average molecular weight is 396 g/mol. The first kappa shape index (κ1) is 19.8. The molecule has 0 N–H and O–H groups in total. The van der Waals surface area contributed by atoms with Crippen LogP contribution in [0.25, 0.3) is 10.9 Å². The largest absolute Gasteiger partial charge is 0.449 e. The summed E-state index contributed by atoms with van der Waals surface area (Å²) in [6.07, 6.45) is 2.15. The van der Waals surface area contributed by atoms with E-state index in [0.29, 0.717) is 18.0 Å². The minimum Gasteiger partial charge on any atom is -0.449 e. The Balaban J connectivity index is 1.63. The number of rotatable bonds is 3. The van der Waals surface area contributed by atoms with Crippen LogP contribution in [0, 0.1) is 5.92 Å². The smallest absolute Gasteiger partial charge is 0.339 e. The molecule has 1 aromatic carbocycles. The van der Waals surface area contributed by atoms with Crippen molar-refractivity contribution in [3.63, 3.8) is 0 Å². The van der Waals surface area contributed by atoms with Gasteiger partial charge in [-0.15, -0.1) is 0 Å². The number of carbonyl (C=O) groups is 2. The number of esters is 1. The monoisotopic (exact) mass is 395 g/mol. The molecule has 1 fully saturated rings. The van der Waals surface area contributed by atoms with Gasteiger partial charge in [-0.25, -0.2) is 4.79 Å². The summed E-state index contributed by atoms with van der Waals surface area (Å²) in [5.74, 6) is -0.0439. The van der Waals surface area contributed by atoms with E-state index in [-0.39, 0.29) is 5.91 Å². The van der Waals surface area contributed by atoms with Crippen molar-refractivity contribution in [3.8, 4) is 0 Å². The Hall–Kier alpha value is -2.47. The van der Waals surface area contributed by atoms with Crippen molar-refractivity contribution in [1.29, 1.82) is 0 Å². The van der Waals surface area contributed by atoms with Gasteiger partial charge in [-0.3, -0.25) is 9.78 Å². The Morgan fingerprint density at radius 2 is 2.03 bits per heavy atom. The molecule has 0 saturated carbocycles. The first-order chi connectivity index (χ1) is 13.9. The molecular formula is C23H29N3O3. The topological polar surface area (TPSA) is 62.7 Å². The van der Waals surface area contributed by atoms with Crippen molar-refractivity contribution in [1.82, 2.24) is 14.8 Å². The number of ether oxygens (including phenoxy) is 1. The normalized spacial score (nSPS) is 20.9. The van der Waals surface area contributed by atoms with Crippen LogP contribution in [-0.4, -0.2) is 59.4 Å². The molecule has 154 valence electrons. The Kier molecular flexibility index (Phi) is 5.54. The molecule has 6 heteroatoms. The SMILES string of the molecule is CC1CCCN(C(=O)C(C)OC(=O)c2c3c(nc4ccccc24)CCN(C)C3)C1. The maximum atomic E-state index is 13.3. The maximum absolute atomic E-state index is 13.3. The fraction of sp³-hybridized carbons (Fsp3) is 0.522. The van der Waals surface area contributed by atoms with Crippen molar-refractivity contribution in [3.05, 3.63) is 41.1 Å². The van der Waals surface area contributed by atoms with Crippen LogP contribution >= 0.6 is 0 Å². The molecular weight excluding hydrogens is 366 g/mol. The molecule has 2 atom stereocenters. The van der Waals surface area contributed by atoms with Gasteiger partial charge in [-0.1, -0.05) is 25.1 Å². The summed E-state index contributed by atoms with van der Waals surface area (Å²) < 4.78 is 5.72. The van der Waals surface area contributed by atoms with Crippen molar-refractivity contribution in [2.45, 2.75) is 45.8 Å². The average Bonchev–Trinajstić information content (AvgIpc) is 2.71. The second kappa shape index (κ2) is 8.11. The number of nitrogens with zero attached hydrogens (tertiary/aromatic N) is 3. The van der Waals surface area contributed by atoms with Gasteiger partial charge in [0.2, 0.25) is 0 Å². The van der Waals surface area contributed by atoms with Crippen LogP contribution in [0.5, 0.6) is 0 Å². The Morgan fingerprint density at radius 3 is 2.83 bits per heavy atom. The zero-order valence-electron chi connectivity index (χ0n) is 17.5. The second-order valence-corrected chi connectivity index (χ2v) is 8.50. The van der Waals surface area contributed by atoms with E-state index in [1.807, 2.05) is 36.2 Å². The summed E-state index contributed by atoms with van der Waals surface area (Å²) in [6, 6.07) is 7.67. The van der Waals surface area contributed by atoms with Crippen LogP contribution < -0.4 is 0 Å². The van der Waals surface area contributed by atoms with Crippen LogP contribution in [0.4, 0.5) is 0 Å². The highest BCUT2D eigenvalue weighted by molar-refractivity contribution is 6.05. The number of hydrogen-bond donors (Lipinski definition) is 0. The summed E-state index contributed by atoms with van der Waals surface area (Å²) in [7, 11) is 2.04. The number of fused-ring (bicyclic) bond motifs is 2. The minimum absolute atomic E-state index is 0.103. The molecule has 1 aromatic heterocycles. The highest BCUT2D eigenvalue weighted by Crippen LogP contribution is 2.29. The van der Waals surface area contributed by atoms with E-state index >= 15 is 0 Å². The van der Waals surface area contributed by atoms with Gasteiger partial charge in [-0.05, 0) is 38.8 Å². The molecule has 3 heterocycles. The number of aromatic nitrogens is 1. The van der Waals surface area contributed by atoms with Gasteiger partial charge in [0, 0.05) is 49.2 Å². The Labute approximate surface area is 171 Å². The Bertz CT molecular complexity index is 942. The third kappa shape index (κ3) is 3.99. The van der Waals surface area contributed by atoms with Crippen LogP contribution in [0.2, 0.25) is 0 Å². The van der Waals surface area contributed by atoms with E-state index in [2.05, 4.69) is 11.8 Å². The van der Waals surface area contributed by atoms with Gasteiger partial charge in [0.25, 0.3) is 5.91 Å². The number of likely N-dealkylation sites (N-methyl/N-ethyl adjacent to an activating group) is 1. The summed E-state index contributed by atoms with van der Waals surface area (Å²) in [5.41, 5.74) is 3.24. The number of amides is 1. The van der Waals surface area contributed by atoms with E-state index in [9.17, 15) is 9.59 Å². The quantitative estimate of drug-likeness (QED) is 0.748. The third-order valence-electron chi connectivity index (χ3n) is 6.04. The summed E-state index contributed by atoms with van der Waals surface area (Å²) in [6.45, 7) is 6.88. The standard InChI is InChI=1S/C23H29N3O3/c1-15-7-6-11-26(13-15)22(27)16(2)29-23(28)21-17-8-4-5-9-19(17)24-20-10-12-25(3)14-18(20)21/h4-5,8-9,15-16H,6-7,10-14H2,1-3H3. The molecule has 29 heavy (non-hydrogen) atoms.